The highest BCUT2D eigenvalue weighted by atomic mass is 16.5. The predicted octanol–water partition coefficient (Wildman–Crippen LogP) is 1.68. The van der Waals surface area contributed by atoms with Gasteiger partial charge in [0.1, 0.15) is 5.54 Å². The zero-order valence-corrected chi connectivity index (χ0v) is 12.9. The van der Waals surface area contributed by atoms with E-state index in [1.165, 1.54) is 0 Å². The molecule has 1 saturated carbocycles. The van der Waals surface area contributed by atoms with Crippen LogP contribution in [0.4, 0.5) is 4.79 Å². The molecule has 0 aromatic carbocycles. The highest BCUT2D eigenvalue weighted by Gasteiger charge is 2.51. The van der Waals surface area contributed by atoms with Crippen molar-refractivity contribution in [3.63, 3.8) is 0 Å². The summed E-state index contributed by atoms with van der Waals surface area (Å²) in [4.78, 5) is 26.0. The van der Waals surface area contributed by atoms with Crippen LogP contribution in [-0.4, -0.2) is 55.9 Å². The summed E-state index contributed by atoms with van der Waals surface area (Å²) in [5.74, 6) is -0.117. The number of ether oxygens (including phenoxy) is 2. The number of nitrogens with one attached hydrogen (secondary N) is 1. The number of amides is 3. The van der Waals surface area contributed by atoms with Gasteiger partial charge < -0.3 is 14.4 Å². The van der Waals surface area contributed by atoms with Crippen LogP contribution in [0, 0.1) is 0 Å². The summed E-state index contributed by atoms with van der Waals surface area (Å²) in [6.45, 7) is 2.23. The van der Waals surface area contributed by atoms with Crippen molar-refractivity contribution in [2.75, 3.05) is 33.5 Å². The maximum absolute atomic E-state index is 12.3. The number of urea groups is 1. The second-order valence-corrected chi connectivity index (χ2v) is 5.82. The van der Waals surface area contributed by atoms with Gasteiger partial charge in [-0.3, -0.25) is 10.1 Å². The first-order chi connectivity index (χ1) is 10.2. The van der Waals surface area contributed by atoms with E-state index in [2.05, 4.69) is 5.32 Å². The van der Waals surface area contributed by atoms with Gasteiger partial charge in [0.05, 0.1) is 6.61 Å². The number of carbonyl (C=O) groups is 2. The molecule has 0 atom stereocenters. The molecule has 1 saturated heterocycles. The van der Waals surface area contributed by atoms with E-state index in [9.17, 15) is 9.59 Å². The number of rotatable bonds is 7. The number of hydrogen-bond acceptors (Lipinski definition) is 4. The summed E-state index contributed by atoms with van der Waals surface area (Å²) in [5.41, 5.74) is -0.622. The Morgan fingerprint density at radius 3 is 2.48 bits per heavy atom. The Balaban J connectivity index is 1.88. The highest BCUT2D eigenvalue weighted by Crippen LogP contribution is 2.35. The Kier molecular flexibility index (Phi) is 5.99. The summed E-state index contributed by atoms with van der Waals surface area (Å²) in [7, 11) is 1.66. The Labute approximate surface area is 126 Å². The van der Waals surface area contributed by atoms with Crippen molar-refractivity contribution < 1.29 is 19.1 Å². The van der Waals surface area contributed by atoms with E-state index in [1.807, 2.05) is 0 Å². The number of carbonyl (C=O) groups excluding carboxylic acids is 2. The molecule has 1 N–H and O–H groups in total. The fourth-order valence-electron chi connectivity index (χ4n) is 3.29. The second-order valence-electron chi connectivity index (χ2n) is 5.82. The summed E-state index contributed by atoms with van der Waals surface area (Å²) in [5, 5.41) is 2.49. The van der Waals surface area contributed by atoms with Crippen LogP contribution in [0.1, 0.15) is 44.9 Å². The fraction of sp³-hybridized carbons (Fsp3) is 0.867. The van der Waals surface area contributed by atoms with Crippen molar-refractivity contribution in [2.24, 2.45) is 0 Å². The average Bonchev–Trinajstić information content (AvgIpc) is 2.65. The lowest BCUT2D eigenvalue weighted by atomic mass is 9.89. The van der Waals surface area contributed by atoms with E-state index in [1.54, 1.807) is 12.0 Å². The molecule has 3 amide bonds. The third kappa shape index (κ3) is 3.74. The average molecular weight is 298 g/mol. The minimum atomic E-state index is -0.622. The number of nitrogens with zero attached hydrogens (tertiary/aromatic N) is 1. The van der Waals surface area contributed by atoms with Crippen LogP contribution in [0.5, 0.6) is 0 Å². The van der Waals surface area contributed by atoms with Gasteiger partial charge in [0.25, 0.3) is 5.91 Å². The summed E-state index contributed by atoms with van der Waals surface area (Å²) >= 11 is 0. The molecule has 21 heavy (non-hydrogen) atoms. The smallest absolute Gasteiger partial charge is 0.325 e. The third-order valence-electron chi connectivity index (χ3n) is 4.43. The van der Waals surface area contributed by atoms with Crippen LogP contribution in [-0.2, 0) is 14.3 Å². The molecule has 2 rings (SSSR count). The molecule has 1 heterocycles. The van der Waals surface area contributed by atoms with Gasteiger partial charge in [-0.05, 0) is 19.3 Å². The van der Waals surface area contributed by atoms with Gasteiger partial charge in [-0.1, -0.05) is 25.7 Å². The van der Waals surface area contributed by atoms with Gasteiger partial charge in [-0.25, -0.2) is 4.79 Å². The van der Waals surface area contributed by atoms with Crippen molar-refractivity contribution in [1.29, 1.82) is 0 Å². The quantitative estimate of drug-likeness (QED) is 0.573. The predicted molar refractivity (Wildman–Crippen MR) is 78.0 cm³/mol. The number of hydrogen-bond donors (Lipinski definition) is 1. The molecule has 0 aromatic rings. The van der Waals surface area contributed by atoms with Crippen molar-refractivity contribution in [1.82, 2.24) is 10.2 Å². The molecule has 0 aromatic heterocycles. The first kappa shape index (κ1) is 16.2. The van der Waals surface area contributed by atoms with Crippen LogP contribution >= 0.6 is 0 Å². The molecule has 0 unspecified atom stereocenters. The van der Waals surface area contributed by atoms with Crippen LogP contribution in [0.15, 0.2) is 0 Å². The van der Waals surface area contributed by atoms with E-state index >= 15 is 0 Å². The van der Waals surface area contributed by atoms with Gasteiger partial charge in [0, 0.05) is 26.9 Å². The van der Waals surface area contributed by atoms with Crippen LogP contribution < -0.4 is 5.32 Å². The molecule has 0 radical (unpaired) electrons. The van der Waals surface area contributed by atoms with Crippen molar-refractivity contribution in [3.05, 3.63) is 0 Å². The third-order valence-corrected chi connectivity index (χ3v) is 4.43. The van der Waals surface area contributed by atoms with E-state index in [-0.39, 0.29) is 11.9 Å². The number of imide groups is 1. The molecule has 1 aliphatic heterocycles. The largest absolute Gasteiger partial charge is 0.385 e. The molecule has 2 fully saturated rings. The van der Waals surface area contributed by atoms with Gasteiger partial charge in [-0.15, -0.1) is 0 Å². The zero-order chi connectivity index (χ0) is 15.1. The molecule has 6 nitrogen and oxygen atoms in total. The zero-order valence-electron chi connectivity index (χ0n) is 12.9. The summed E-state index contributed by atoms with van der Waals surface area (Å²) in [6.07, 6.45) is 6.68. The molecule has 2 aliphatic rings. The lowest BCUT2D eigenvalue weighted by molar-refractivity contribution is -0.127. The van der Waals surface area contributed by atoms with Crippen molar-refractivity contribution in [3.8, 4) is 0 Å². The topological polar surface area (TPSA) is 67.9 Å². The molecular formula is C15H26N2O4. The van der Waals surface area contributed by atoms with Gasteiger partial charge in [-0.2, -0.15) is 0 Å². The normalized spacial score (nSPS) is 21.7. The van der Waals surface area contributed by atoms with Gasteiger partial charge in [0.15, 0.2) is 0 Å². The molecule has 0 bridgehead atoms. The lowest BCUT2D eigenvalue weighted by Gasteiger charge is -2.34. The van der Waals surface area contributed by atoms with Crippen LogP contribution in [0.3, 0.4) is 0 Å². The second kappa shape index (κ2) is 7.75. The fourth-order valence-corrected chi connectivity index (χ4v) is 3.29. The standard InChI is InChI=1S/C15H26N2O4/c1-20-10-6-11-21-12-9-17-14(19)16-13(18)15(17)7-4-2-3-5-8-15/h2-12H2,1H3,(H,16,18,19). The Bertz CT molecular complexity index is 365. The Hall–Kier alpha value is -1.14. The first-order valence-corrected chi connectivity index (χ1v) is 7.90. The molecular weight excluding hydrogens is 272 g/mol. The molecule has 120 valence electrons. The van der Waals surface area contributed by atoms with Crippen molar-refractivity contribution >= 4 is 11.9 Å². The van der Waals surface area contributed by atoms with E-state index in [0.29, 0.717) is 26.4 Å². The Morgan fingerprint density at radius 2 is 1.81 bits per heavy atom. The van der Waals surface area contributed by atoms with Gasteiger partial charge >= 0.3 is 6.03 Å². The molecule has 1 spiro atoms. The SMILES string of the molecule is COCCCOCCN1C(=O)NC(=O)C12CCCCCC2. The Morgan fingerprint density at radius 1 is 1.10 bits per heavy atom. The van der Waals surface area contributed by atoms with Crippen LogP contribution in [0.2, 0.25) is 0 Å². The van der Waals surface area contributed by atoms with E-state index in [0.717, 1.165) is 44.9 Å². The first-order valence-electron chi connectivity index (χ1n) is 7.90. The van der Waals surface area contributed by atoms with Gasteiger partial charge in [0.2, 0.25) is 0 Å². The molecule has 6 heteroatoms. The molecule has 1 aliphatic carbocycles. The van der Waals surface area contributed by atoms with E-state index < -0.39 is 5.54 Å². The monoisotopic (exact) mass is 298 g/mol. The highest BCUT2D eigenvalue weighted by molar-refractivity contribution is 6.07. The summed E-state index contributed by atoms with van der Waals surface area (Å²) < 4.78 is 10.5. The minimum absolute atomic E-state index is 0.117. The van der Waals surface area contributed by atoms with Crippen molar-refractivity contribution in [2.45, 2.75) is 50.5 Å². The maximum atomic E-state index is 12.3. The summed E-state index contributed by atoms with van der Waals surface area (Å²) in [6, 6.07) is -0.262. The van der Waals surface area contributed by atoms with E-state index in [4.69, 9.17) is 9.47 Å². The minimum Gasteiger partial charge on any atom is -0.385 e. The maximum Gasteiger partial charge on any atom is 0.325 e. The number of methoxy groups -OCH3 is 1. The lowest BCUT2D eigenvalue weighted by Crippen LogP contribution is -2.50. The van der Waals surface area contributed by atoms with Crippen LogP contribution in [0.25, 0.3) is 0 Å².